The summed E-state index contributed by atoms with van der Waals surface area (Å²) in [6.45, 7) is 3.26. The van der Waals surface area contributed by atoms with Crippen LogP contribution in [0.3, 0.4) is 0 Å². The maximum atomic E-state index is 12.5. The number of hydrogen-bond acceptors (Lipinski definition) is 4. The number of carbonyl (C=O) groups is 1. The van der Waals surface area contributed by atoms with Crippen LogP contribution in [0.1, 0.15) is 24.1 Å². The third-order valence-electron chi connectivity index (χ3n) is 4.12. The van der Waals surface area contributed by atoms with E-state index < -0.39 is 15.9 Å². The second-order valence-electron chi connectivity index (χ2n) is 6.26. The summed E-state index contributed by atoms with van der Waals surface area (Å²) in [6, 6.07) is 11.9. The molecule has 1 N–H and O–H groups in total. The van der Waals surface area contributed by atoms with E-state index in [1.165, 1.54) is 6.07 Å². The number of nitrogens with one attached hydrogen (secondary N) is 1. The lowest BCUT2D eigenvalue weighted by atomic mass is 10.1. The maximum absolute atomic E-state index is 12.5. The summed E-state index contributed by atoms with van der Waals surface area (Å²) in [5.41, 5.74) is 1.98. The number of sulfonamides is 1. The zero-order chi connectivity index (χ0) is 20.2. The van der Waals surface area contributed by atoms with Crippen molar-refractivity contribution in [3.63, 3.8) is 0 Å². The fraction of sp³-hybridized carbons (Fsp3) is 0.316. The SMILES string of the molecule is COc1ccc([C@@H](C)NC(=O)CN(c2cc(Cl)ccc2C)S(C)(=O)=O)cc1. The minimum atomic E-state index is -3.66. The topological polar surface area (TPSA) is 75.7 Å². The normalized spacial score (nSPS) is 12.3. The number of carbonyl (C=O) groups excluding carboxylic acids is 1. The van der Waals surface area contributed by atoms with Crippen molar-refractivity contribution >= 4 is 33.2 Å². The van der Waals surface area contributed by atoms with Crippen LogP contribution in [0.5, 0.6) is 5.75 Å². The first-order valence-corrected chi connectivity index (χ1v) is 10.5. The summed E-state index contributed by atoms with van der Waals surface area (Å²) in [4.78, 5) is 12.5. The van der Waals surface area contributed by atoms with Crippen molar-refractivity contribution in [1.82, 2.24) is 5.32 Å². The highest BCUT2D eigenvalue weighted by Gasteiger charge is 2.23. The van der Waals surface area contributed by atoms with Gasteiger partial charge < -0.3 is 10.1 Å². The Labute approximate surface area is 165 Å². The van der Waals surface area contributed by atoms with Crippen LogP contribution in [0.2, 0.25) is 5.02 Å². The number of benzene rings is 2. The Kier molecular flexibility index (Phi) is 6.73. The largest absolute Gasteiger partial charge is 0.497 e. The number of hydrogen-bond donors (Lipinski definition) is 1. The fourth-order valence-corrected chi connectivity index (χ4v) is 3.70. The third kappa shape index (κ3) is 5.61. The van der Waals surface area contributed by atoms with E-state index in [2.05, 4.69) is 5.32 Å². The molecule has 2 aromatic carbocycles. The van der Waals surface area contributed by atoms with Gasteiger partial charge in [0, 0.05) is 5.02 Å². The summed E-state index contributed by atoms with van der Waals surface area (Å²) in [6.07, 6.45) is 1.06. The zero-order valence-electron chi connectivity index (χ0n) is 15.7. The first-order chi connectivity index (χ1) is 12.6. The first-order valence-electron chi connectivity index (χ1n) is 8.29. The maximum Gasteiger partial charge on any atom is 0.241 e. The molecule has 0 aliphatic heterocycles. The average molecular weight is 411 g/mol. The average Bonchev–Trinajstić information content (AvgIpc) is 2.61. The van der Waals surface area contributed by atoms with E-state index in [4.69, 9.17) is 16.3 Å². The van der Waals surface area contributed by atoms with Gasteiger partial charge in [0.1, 0.15) is 12.3 Å². The number of ether oxygens (including phenoxy) is 1. The molecule has 0 unspecified atom stereocenters. The number of anilines is 1. The molecule has 0 fully saturated rings. The molecule has 8 heteroatoms. The van der Waals surface area contributed by atoms with E-state index in [1.54, 1.807) is 38.3 Å². The van der Waals surface area contributed by atoms with Gasteiger partial charge in [-0.2, -0.15) is 0 Å². The molecule has 0 aromatic heterocycles. The molecule has 1 amide bonds. The van der Waals surface area contributed by atoms with E-state index in [9.17, 15) is 13.2 Å². The summed E-state index contributed by atoms with van der Waals surface area (Å²) < 4.78 is 30.7. The van der Waals surface area contributed by atoms with E-state index in [-0.39, 0.29) is 12.6 Å². The van der Waals surface area contributed by atoms with Gasteiger partial charge in [-0.05, 0) is 49.2 Å². The fourth-order valence-electron chi connectivity index (χ4n) is 2.63. The highest BCUT2D eigenvalue weighted by molar-refractivity contribution is 7.92. The predicted octanol–water partition coefficient (Wildman–Crippen LogP) is 3.30. The minimum Gasteiger partial charge on any atom is -0.497 e. The van der Waals surface area contributed by atoms with E-state index in [0.29, 0.717) is 16.3 Å². The highest BCUT2D eigenvalue weighted by Crippen LogP contribution is 2.26. The Bertz CT molecular complexity index is 914. The molecule has 27 heavy (non-hydrogen) atoms. The molecule has 0 heterocycles. The lowest BCUT2D eigenvalue weighted by Crippen LogP contribution is -2.41. The van der Waals surface area contributed by atoms with Crippen molar-refractivity contribution in [3.8, 4) is 5.75 Å². The van der Waals surface area contributed by atoms with Crippen molar-refractivity contribution in [1.29, 1.82) is 0 Å². The molecule has 146 valence electrons. The van der Waals surface area contributed by atoms with Gasteiger partial charge in [-0.3, -0.25) is 9.10 Å². The predicted molar refractivity (Wildman–Crippen MR) is 108 cm³/mol. The molecular weight excluding hydrogens is 388 g/mol. The summed E-state index contributed by atoms with van der Waals surface area (Å²) in [7, 11) is -2.08. The summed E-state index contributed by atoms with van der Waals surface area (Å²) in [5, 5.41) is 3.22. The van der Waals surface area contributed by atoms with Gasteiger partial charge in [-0.15, -0.1) is 0 Å². The van der Waals surface area contributed by atoms with Crippen LogP contribution in [-0.4, -0.2) is 34.2 Å². The number of halogens is 1. The third-order valence-corrected chi connectivity index (χ3v) is 5.48. The molecule has 2 aromatic rings. The van der Waals surface area contributed by atoms with Crippen molar-refractivity contribution in [2.45, 2.75) is 19.9 Å². The Morgan fingerprint density at radius 3 is 2.41 bits per heavy atom. The second-order valence-corrected chi connectivity index (χ2v) is 8.61. The molecule has 0 saturated carbocycles. The number of methoxy groups -OCH3 is 1. The van der Waals surface area contributed by atoms with E-state index >= 15 is 0 Å². The number of amides is 1. The quantitative estimate of drug-likeness (QED) is 0.759. The van der Waals surface area contributed by atoms with Crippen molar-refractivity contribution < 1.29 is 17.9 Å². The van der Waals surface area contributed by atoms with Crippen molar-refractivity contribution in [2.24, 2.45) is 0 Å². The van der Waals surface area contributed by atoms with Crippen molar-refractivity contribution in [2.75, 3.05) is 24.2 Å². The number of nitrogens with zero attached hydrogens (tertiary/aromatic N) is 1. The van der Waals surface area contributed by atoms with Crippen LogP contribution in [0.15, 0.2) is 42.5 Å². The highest BCUT2D eigenvalue weighted by atomic mass is 35.5. The van der Waals surface area contributed by atoms with Gasteiger partial charge in [-0.1, -0.05) is 29.8 Å². The molecule has 0 aliphatic rings. The van der Waals surface area contributed by atoms with Gasteiger partial charge in [0.25, 0.3) is 0 Å². The molecule has 1 atom stereocenters. The minimum absolute atomic E-state index is 0.287. The Balaban J connectivity index is 2.17. The van der Waals surface area contributed by atoms with Gasteiger partial charge in [0.15, 0.2) is 0 Å². The van der Waals surface area contributed by atoms with Crippen molar-refractivity contribution in [3.05, 3.63) is 58.6 Å². The van der Waals surface area contributed by atoms with Crippen LogP contribution in [-0.2, 0) is 14.8 Å². The molecular formula is C19H23ClN2O4S. The van der Waals surface area contributed by atoms with Gasteiger partial charge in [-0.25, -0.2) is 8.42 Å². The number of rotatable bonds is 7. The first kappa shape index (κ1) is 21.1. The summed E-state index contributed by atoms with van der Waals surface area (Å²) in [5.74, 6) is 0.306. The standard InChI is InChI=1S/C19H23ClN2O4S/c1-13-5-8-16(20)11-18(13)22(27(4,24)25)12-19(23)21-14(2)15-6-9-17(26-3)10-7-15/h5-11,14H,12H2,1-4H3,(H,21,23)/t14-/m1/s1. The van der Waals surface area contributed by atoms with Crippen LogP contribution >= 0.6 is 11.6 Å². The Hall–Kier alpha value is -2.25. The van der Waals surface area contributed by atoms with E-state index in [0.717, 1.165) is 21.9 Å². The Morgan fingerprint density at radius 2 is 1.85 bits per heavy atom. The van der Waals surface area contributed by atoms with Crippen LogP contribution in [0.4, 0.5) is 5.69 Å². The lowest BCUT2D eigenvalue weighted by Gasteiger charge is -2.25. The van der Waals surface area contributed by atoms with Crippen LogP contribution in [0.25, 0.3) is 0 Å². The molecule has 0 bridgehead atoms. The smallest absolute Gasteiger partial charge is 0.241 e. The Morgan fingerprint density at radius 1 is 1.22 bits per heavy atom. The molecule has 0 aliphatic carbocycles. The van der Waals surface area contributed by atoms with Gasteiger partial charge >= 0.3 is 0 Å². The summed E-state index contributed by atoms with van der Waals surface area (Å²) >= 11 is 6.00. The van der Waals surface area contributed by atoms with Gasteiger partial charge in [0.05, 0.1) is 25.1 Å². The molecule has 6 nitrogen and oxygen atoms in total. The van der Waals surface area contributed by atoms with Crippen LogP contribution in [0, 0.1) is 6.92 Å². The second kappa shape index (κ2) is 8.63. The van der Waals surface area contributed by atoms with Crippen LogP contribution < -0.4 is 14.4 Å². The van der Waals surface area contributed by atoms with Gasteiger partial charge in [0.2, 0.25) is 15.9 Å². The van der Waals surface area contributed by atoms with E-state index in [1.807, 2.05) is 19.1 Å². The zero-order valence-corrected chi connectivity index (χ0v) is 17.3. The molecule has 0 saturated heterocycles. The molecule has 0 spiro atoms. The molecule has 0 radical (unpaired) electrons. The lowest BCUT2D eigenvalue weighted by molar-refractivity contribution is -0.120. The molecule has 2 rings (SSSR count). The number of aryl methyl sites for hydroxylation is 1. The monoisotopic (exact) mass is 410 g/mol.